The van der Waals surface area contributed by atoms with E-state index in [2.05, 4.69) is 26.1 Å². The zero-order valence-electron chi connectivity index (χ0n) is 12.8. The number of amides is 2. The van der Waals surface area contributed by atoms with Gasteiger partial charge in [0.05, 0.1) is 12.1 Å². The van der Waals surface area contributed by atoms with Crippen molar-refractivity contribution in [1.29, 1.82) is 0 Å². The van der Waals surface area contributed by atoms with Crippen molar-refractivity contribution in [2.24, 2.45) is 0 Å². The Morgan fingerprint density at radius 1 is 1.18 bits per heavy atom. The van der Waals surface area contributed by atoms with Crippen molar-refractivity contribution in [3.8, 4) is 0 Å². The predicted molar refractivity (Wildman–Crippen MR) is 89.8 cm³/mol. The van der Waals surface area contributed by atoms with Crippen LogP contribution in [0.2, 0.25) is 0 Å². The van der Waals surface area contributed by atoms with Gasteiger partial charge in [0, 0.05) is 37.2 Å². The van der Waals surface area contributed by atoms with Crippen LogP contribution in [-0.4, -0.2) is 60.9 Å². The highest BCUT2D eigenvalue weighted by atomic mass is 79.9. The number of carbonyl (C=O) groups excluding carboxylic acids is 2. The lowest BCUT2D eigenvalue weighted by atomic mass is 10.2. The number of rotatable bonds is 5. The lowest BCUT2D eigenvalue weighted by Crippen LogP contribution is -2.51. The second-order valence-corrected chi connectivity index (χ2v) is 6.25. The second kappa shape index (κ2) is 8.29. The number of halogens is 1. The Labute approximate surface area is 139 Å². The van der Waals surface area contributed by atoms with E-state index in [9.17, 15) is 9.59 Å². The molecule has 0 aliphatic carbocycles. The molecule has 0 bridgehead atoms. The largest absolute Gasteiger partial charge is 0.355 e. The third-order valence-corrected chi connectivity index (χ3v) is 4.39. The first kappa shape index (κ1) is 17.0. The van der Waals surface area contributed by atoms with Crippen LogP contribution in [0.15, 0.2) is 28.7 Å². The number of nitrogens with zero attached hydrogens (tertiary/aromatic N) is 2. The lowest BCUT2D eigenvalue weighted by molar-refractivity contribution is -0.122. The van der Waals surface area contributed by atoms with Crippen molar-refractivity contribution in [2.75, 3.05) is 39.3 Å². The Morgan fingerprint density at radius 3 is 2.50 bits per heavy atom. The molecular weight excluding hydrogens is 346 g/mol. The minimum absolute atomic E-state index is 0.0440. The first-order valence-electron chi connectivity index (χ1n) is 7.64. The molecule has 6 heteroatoms. The topological polar surface area (TPSA) is 52.7 Å². The molecule has 1 aromatic carbocycles. The molecule has 120 valence electrons. The predicted octanol–water partition coefficient (Wildman–Crippen LogP) is 1.73. The number of hydrogen-bond donors (Lipinski definition) is 1. The smallest absolute Gasteiger partial charge is 0.255 e. The van der Waals surface area contributed by atoms with Crippen LogP contribution in [0.25, 0.3) is 0 Å². The summed E-state index contributed by atoms with van der Waals surface area (Å²) in [7, 11) is 0. The van der Waals surface area contributed by atoms with Gasteiger partial charge in [0.15, 0.2) is 0 Å². The molecule has 0 spiro atoms. The highest BCUT2D eigenvalue weighted by Gasteiger charge is 2.24. The van der Waals surface area contributed by atoms with Crippen LogP contribution >= 0.6 is 15.9 Å². The van der Waals surface area contributed by atoms with Gasteiger partial charge < -0.3 is 10.2 Å². The average molecular weight is 368 g/mol. The van der Waals surface area contributed by atoms with Gasteiger partial charge >= 0.3 is 0 Å². The lowest BCUT2D eigenvalue weighted by Gasteiger charge is -2.34. The Morgan fingerprint density at radius 2 is 1.86 bits per heavy atom. The molecule has 2 amide bonds. The van der Waals surface area contributed by atoms with Gasteiger partial charge in [-0.25, -0.2) is 0 Å². The SMILES string of the molecule is CCCNC(=O)CN1CCN(C(=O)c2ccccc2Br)CC1. The van der Waals surface area contributed by atoms with E-state index < -0.39 is 0 Å². The van der Waals surface area contributed by atoms with Crippen molar-refractivity contribution in [3.05, 3.63) is 34.3 Å². The van der Waals surface area contributed by atoms with E-state index >= 15 is 0 Å². The Kier molecular flexibility index (Phi) is 6.39. The van der Waals surface area contributed by atoms with Gasteiger partial charge in [0.25, 0.3) is 5.91 Å². The van der Waals surface area contributed by atoms with Gasteiger partial charge in [0.1, 0.15) is 0 Å². The maximum atomic E-state index is 12.5. The van der Waals surface area contributed by atoms with Crippen molar-refractivity contribution in [1.82, 2.24) is 15.1 Å². The standard InChI is InChI=1S/C16H22BrN3O2/c1-2-7-18-15(21)12-19-8-10-20(11-9-19)16(22)13-5-3-4-6-14(13)17/h3-6H,2,7-12H2,1H3,(H,18,21). The number of nitrogens with one attached hydrogen (secondary N) is 1. The molecule has 1 fully saturated rings. The monoisotopic (exact) mass is 367 g/mol. The maximum absolute atomic E-state index is 12.5. The Hall–Kier alpha value is -1.40. The molecule has 22 heavy (non-hydrogen) atoms. The van der Waals surface area contributed by atoms with E-state index in [4.69, 9.17) is 0 Å². The van der Waals surface area contributed by atoms with Crippen molar-refractivity contribution < 1.29 is 9.59 Å². The summed E-state index contributed by atoms with van der Waals surface area (Å²) in [5, 5.41) is 2.88. The fourth-order valence-corrected chi connectivity index (χ4v) is 2.89. The van der Waals surface area contributed by atoms with E-state index in [0.29, 0.717) is 25.2 Å². The van der Waals surface area contributed by atoms with Gasteiger partial charge in [-0.15, -0.1) is 0 Å². The zero-order valence-corrected chi connectivity index (χ0v) is 14.4. The summed E-state index contributed by atoms with van der Waals surface area (Å²) in [4.78, 5) is 28.1. The molecule has 0 saturated carbocycles. The fourth-order valence-electron chi connectivity index (χ4n) is 2.44. The molecule has 1 heterocycles. The summed E-state index contributed by atoms with van der Waals surface area (Å²) in [6, 6.07) is 7.47. The molecule has 0 atom stereocenters. The average Bonchev–Trinajstić information content (AvgIpc) is 2.53. The van der Waals surface area contributed by atoms with Crippen LogP contribution in [-0.2, 0) is 4.79 Å². The van der Waals surface area contributed by atoms with Crippen molar-refractivity contribution in [2.45, 2.75) is 13.3 Å². The zero-order chi connectivity index (χ0) is 15.9. The minimum Gasteiger partial charge on any atom is -0.355 e. The summed E-state index contributed by atoms with van der Waals surface area (Å²) in [5.74, 6) is 0.106. The normalized spacial score (nSPS) is 15.6. The molecule has 0 radical (unpaired) electrons. The summed E-state index contributed by atoms with van der Waals surface area (Å²) in [6.45, 7) is 5.94. The van der Waals surface area contributed by atoms with Crippen LogP contribution < -0.4 is 5.32 Å². The highest BCUT2D eigenvalue weighted by molar-refractivity contribution is 9.10. The van der Waals surface area contributed by atoms with Crippen molar-refractivity contribution in [3.63, 3.8) is 0 Å². The number of piperazine rings is 1. The van der Waals surface area contributed by atoms with Crippen LogP contribution in [0.5, 0.6) is 0 Å². The molecule has 0 aromatic heterocycles. The summed E-state index contributed by atoms with van der Waals surface area (Å²) >= 11 is 3.42. The minimum atomic E-state index is 0.0440. The van der Waals surface area contributed by atoms with Crippen LogP contribution in [0, 0.1) is 0 Å². The number of carbonyl (C=O) groups is 2. The molecule has 1 aliphatic rings. The van der Waals surface area contributed by atoms with Gasteiger partial charge in [-0.2, -0.15) is 0 Å². The van der Waals surface area contributed by atoms with E-state index in [1.54, 1.807) is 0 Å². The van der Waals surface area contributed by atoms with Crippen LogP contribution in [0.4, 0.5) is 0 Å². The van der Waals surface area contributed by atoms with E-state index in [-0.39, 0.29) is 11.8 Å². The highest BCUT2D eigenvalue weighted by Crippen LogP contribution is 2.18. The van der Waals surface area contributed by atoms with Gasteiger partial charge in [-0.1, -0.05) is 19.1 Å². The summed E-state index contributed by atoms with van der Waals surface area (Å²) in [5.41, 5.74) is 0.691. The molecule has 1 aliphatic heterocycles. The first-order chi connectivity index (χ1) is 10.6. The summed E-state index contributed by atoms with van der Waals surface area (Å²) < 4.78 is 0.821. The Balaban J connectivity index is 1.83. The molecule has 1 N–H and O–H groups in total. The van der Waals surface area contributed by atoms with Crippen LogP contribution in [0.3, 0.4) is 0 Å². The van der Waals surface area contributed by atoms with Gasteiger partial charge in [-0.05, 0) is 34.5 Å². The molecular formula is C16H22BrN3O2. The molecule has 0 unspecified atom stereocenters. The second-order valence-electron chi connectivity index (χ2n) is 5.40. The van der Waals surface area contributed by atoms with E-state index in [1.165, 1.54) is 0 Å². The van der Waals surface area contributed by atoms with Crippen LogP contribution in [0.1, 0.15) is 23.7 Å². The van der Waals surface area contributed by atoms with Gasteiger partial charge in [-0.3, -0.25) is 14.5 Å². The molecule has 5 nitrogen and oxygen atoms in total. The summed E-state index contributed by atoms with van der Waals surface area (Å²) in [6.07, 6.45) is 0.944. The maximum Gasteiger partial charge on any atom is 0.255 e. The quantitative estimate of drug-likeness (QED) is 0.862. The third-order valence-electron chi connectivity index (χ3n) is 3.70. The molecule has 2 rings (SSSR count). The fraction of sp³-hybridized carbons (Fsp3) is 0.500. The number of hydrogen-bond acceptors (Lipinski definition) is 3. The third kappa shape index (κ3) is 4.55. The first-order valence-corrected chi connectivity index (χ1v) is 8.44. The Bertz CT molecular complexity index is 528. The van der Waals surface area contributed by atoms with Gasteiger partial charge in [0.2, 0.25) is 5.91 Å². The molecule has 1 saturated heterocycles. The van der Waals surface area contributed by atoms with E-state index in [0.717, 1.165) is 30.5 Å². The van der Waals surface area contributed by atoms with E-state index in [1.807, 2.05) is 36.1 Å². The number of benzene rings is 1. The van der Waals surface area contributed by atoms with Crippen molar-refractivity contribution >= 4 is 27.7 Å². The molecule has 1 aromatic rings.